The summed E-state index contributed by atoms with van der Waals surface area (Å²) in [6, 6.07) is 8.76. The summed E-state index contributed by atoms with van der Waals surface area (Å²) in [7, 11) is 0. The molecule has 2 nitrogen and oxygen atoms in total. The summed E-state index contributed by atoms with van der Waals surface area (Å²) in [6.45, 7) is 8.27. The third kappa shape index (κ3) is 5.64. The molecule has 1 fully saturated rings. The minimum atomic E-state index is 0.161. The molecule has 20 heavy (non-hydrogen) atoms. The first kappa shape index (κ1) is 15.5. The van der Waals surface area contributed by atoms with Gasteiger partial charge in [-0.05, 0) is 44.7 Å². The molecule has 1 aliphatic carbocycles. The molecule has 0 aromatic heterocycles. The molecule has 1 aliphatic rings. The predicted octanol–water partition coefficient (Wildman–Crippen LogP) is 4.42. The molecule has 0 heterocycles. The molecule has 2 rings (SSSR count). The van der Waals surface area contributed by atoms with Gasteiger partial charge in [-0.2, -0.15) is 0 Å². The first-order valence-electron chi connectivity index (χ1n) is 7.97. The van der Waals surface area contributed by atoms with Crippen LogP contribution < -0.4 is 5.32 Å². The van der Waals surface area contributed by atoms with Crippen LogP contribution in [0, 0.1) is 0 Å². The van der Waals surface area contributed by atoms with E-state index in [1.807, 2.05) is 0 Å². The minimum absolute atomic E-state index is 0.161. The van der Waals surface area contributed by atoms with E-state index in [9.17, 15) is 0 Å². The van der Waals surface area contributed by atoms with Crippen molar-refractivity contribution in [3.8, 4) is 0 Å². The van der Waals surface area contributed by atoms with Gasteiger partial charge in [0.2, 0.25) is 0 Å². The average molecular weight is 275 g/mol. The van der Waals surface area contributed by atoms with Crippen LogP contribution in [-0.2, 0) is 17.9 Å². The highest BCUT2D eigenvalue weighted by molar-refractivity contribution is 5.23. The van der Waals surface area contributed by atoms with E-state index in [0.29, 0.717) is 6.10 Å². The van der Waals surface area contributed by atoms with Crippen LogP contribution >= 0.6 is 0 Å². The molecule has 1 saturated carbocycles. The van der Waals surface area contributed by atoms with E-state index >= 15 is 0 Å². The van der Waals surface area contributed by atoms with E-state index < -0.39 is 0 Å². The lowest BCUT2D eigenvalue weighted by molar-refractivity contribution is 0.0168. The average Bonchev–Trinajstić information content (AvgIpc) is 2.44. The van der Waals surface area contributed by atoms with Crippen LogP contribution in [0.2, 0.25) is 0 Å². The van der Waals surface area contributed by atoms with Crippen LogP contribution in [0.25, 0.3) is 0 Å². The van der Waals surface area contributed by atoms with Crippen molar-refractivity contribution in [2.45, 2.75) is 77.7 Å². The van der Waals surface area contributed by atoms with Gasteiger partial charge in [-0.15, -0.1) is 0 Å². The minimum Gasteiger partial charge on any atom is -0.374 e. The van der Waals surface area contributed by atoms with Crippen LogP contribution in [0.4, 0.5) is 0 Å². The maximum Gasteiger partial charge on any atom is 0.0720 e. The Morgan fingerprint density at radius 2 is 1.80 bits per heavy atom. The summed E-state index contributed by atoms with van der Waals surface area (Å²) in [4.78, 5) is 0. The van der Waals surface area contributed by atoms with Gasteiger partial charge in [-0.1, -0.05) is 43.5 Å². The summed E-state index contributed by atoms with van der Waals surface area (Å²) < 4.78 is 6.05. The van der Waals surface area contributed by atoms with Gasteiger partial charge in [0.05, 0.1) is 12.7 Å². The summed E-state index contributed by atoms with van der Waals surface area (Å²) in [5.74, 6) is 0. The standard InChI is InChI=1S/C18H29NO/c1-18(2,3)19-13-15-8-7-9-16(12-15)14-20-17-10-5-4-6-11-17/h7-9,12,17,19H,4-6,10-11,13-14H2,1-3H3. The second-order valence-electron chi connectivity index (χ2n) is 6.99. The lowest BCUT2D eigenvalue weighted by atomic mass is 9.98. The fourth-order valence-corrected chi connectivity index (χ4v) is 2.64. The Labute approximate surface area is 123 Å². The summed E-state index contributed by atoms with van der Waals surface area (Å²) in [5, 5.41) is 3.53. The third-order valence-electron chi connectivity index (χ3n) is 3.85. The number of rotatable bonds is 5. The van der Waals surface area contributed by atoms with E-state index in [1.54, 1.807) is 0 Å². The summed E-state index contributed by atoms with van der Waals surface area (Å²) >= 11 is 0. The molecule has 0 atom stereocenters. The summed E-state index contributed by atoms with van der Waals surface area (Å²) in [6.07, 6.45) is 7.02. The Hall–Kier alpha value is -0.860. The molecule has 1 aromatic carbocycles. The largest absolute Gasteiger partial charge is 0.374 e. The Balaban J connectivity index is 1.82. The van der Waals surface area contributed by atoms with Crippen molar-refractivity contribution < 1.29 is 4.74 Å². The molecule has 0 bridgehead atoms. The number of hydrogen-bond donors (Lipinski definition) is 1. The number of ether oxygens (including phenoxy) is 1. The fourth-order valence-electron chi connectivity index (χ4n) is 2.64. The van der Waals surface area contributed by atoms with Gasteiger partial charge in [0.15, 0.2) is 0 Å². The Bertz CT molecular complexity index is 402. The van der Waals surface area contributed by atoms with E-state index in [4.69, 9.17) is 4.74 Å². The van der Waals surface area contributed by atoms with E-state index in [-0.39, 0.29) is 5.54 Å². The number of hydrogen-bond acceptors (Lipinski definition) is 2. The highest BCUT2D eigenvalue weighted by Crippen LogP contribution is 2.21. The van der Waals surface area contributed by atoms with Crippen molar-refractivity contribution in [1.29, 1.82) is 0 Å². The van der Waals surface area contributed by atoms with Gasteiger partial charge in [-0.25, -0.2) is 0 Å². The SMILES string of the molecule is CC(C)(C)NCc1cccc(COC2CCCCC2)c1. The van der Waals surface area contributed by atoms with Gasteiger partial charge in [0.1, 0.15) is 0 Å². The Kier molecular flexibility index (Phi) is 5.62. The molecule has 0 spiro atoms. The molecule has 2 heteroatoms. The molecule has 0 unspecified atom stereocenters. The monoisotopic (exact) mass is 275 g/mol. The maximum atomic E-state index is 6.05. The number of benzene rings is 1. The molecular formula is C18H29NO. The molecular weight excluding hydrogens is 246 g/mol. The molecule has 112 valence electrons. The third-order valence-corrected chi connectivity index (χ3v) is 3.85. The topological polar surface area (TPSA) is 21.3 Å². The second kappa shape index (κ2) is 7.24. The normalized spacial score (nSPS) is 17.4. The van der Waals surface area contributed by atoms with Crippen molar-refractivity contribution >= 4 is 0 Å². The predicted molar refractivity (Wildman–Crippen MR) is 84.7 cm³/mol. The van der Waals surface area contributed by atoms with Crippen LogP contribution in [0.3, 0.4) is 0 Å². The van der Waals surface area contributed by atoms with Crippen LogP contribution in [0.1, 0.15) is 64.0 Å². The van der Waals surface area contributed by atoms with Crippen molar-refractivity contribution in [2.24, 2.45) is 0 Å². The fraction of sp³-hybridized carbons (Fsp3) is 0.667. The van der Waals surface area contributed by atoms with Gasteiger partial charge in [-0.3, -0.25) is 0 Å². The van der Waals surface area contributed by atoms with Gasteiger partial charge >= 0.3 is 0 Å². The summed E-state index contributed by atoms with van der Waals surface area (Å²) in [5.41, 5.74) is 2.79. The van der Waals surface area contributed by atoms with Crippen molar-refractivity contribution in [1.82, 2.24) is 5.32 Å². The van der Waals surface area contributed by atoms with Crippen LogP contribution in [-0.4, -0.2) is 11.6 Å². The lowest BCUT2D eigenvalue weighted by Gasteiger charge is -2.22. The maximum absolute atomic E-state index is 6.05. The highest BCUT2D eigenvalue weighted by Gasteiger charge is 2.13. The zero-order chi connectivity index (χ0) is 14.4. The van der Waals surface area contributed by atoms with Gasteiger partial charge < -0.3 is 10.1 Å². The first-order valence-corrected chi connectivity index (χ1v) is 7.97. The zero-order valence-corrected chi connectivity index (χ0v) is 13.2. The Morgan fingerprint density at radius 1 is 1.10 bits per heavy atom. The smallest absolute Gasteiger partial charge is 0.0720 e. The molecule has 0 radical (unpaired) electrons. The van der Waals surface area contributed by atoms with Crippen molar-refractivity contribution in [3.63, 3.8) is 0 Å². The van der Waals surface area contributed by atoms with E-state index in [1.165, 1.54) is 43.2 Å². The second-order valence-corrected chi connectivity index (χ2v) is 6.99. The highest BCUT2D eigenvalue weighted by atomic mass is 16.5. The quantitative estimate of drug-likeness (QED) is 0.858. The van der Waals surface area contributed by atoms with Crippen molar-refractivity contribution in [2.75, 3.05) is 0 Å². The molecule has 0 amide bonds. The van der Waals surface area contributed by atoms with Gasteiger partial charge in [0.25, 0.3) is 0 Å². The van der Waals surface area contributed by atoms with E-state index in [2.05, 4.69) is 50.4 Å². The number of nitrogens with one attached hydrogen (secondary N) is 1. The first-order chi connectivity index (χ1) is 9.53. The van der Waals surface area contributed by atoms with Crippen LogP contribution in [0.5, 0.6) is 0 Å². The molecule has 1 aromatic rings. The lowest BCUT2D eigenvalue weighted by Crippen LogP contribution is -2.35. The van der Waals surface area contributed by atoms with E-state index in [0.717, 1.165) is 13.2 Å². The molecule has 1 N–H and O–H groups in total. The molecule has 0 saturated heterocycles. The van der Waals surface area contributed by atoms with Crippen molar-refractivity contribution in [3.05, 3.63) is 35.4 Å². The Morgan fingerprint density at radius 3 is 2.50 bits per heavy atom. The van der Waals surface area contributed by atoms with Gasteiger partial charge in [0, 0.05) is 12.1 Å². The molecule has 0 aliphatic heterocycles. The van der Waals surface area contributed by atoms with Crippen LogP contribution in [0.15, 0.2) is 24.3 Å². The zero-order valence-electron chi connectivity index (χ0n) is 13.2.